The van der Waals surface area contributed by atoms with Gasteiger partial charge in [-0.25, -0.2) is 9.97 Å². The zero-order chi connectivity index (χ0) is 14.4. The molecule has 0 spiro atoms. The van der Waals surface area contributed by atoms with Crippen molar-refractivity contribution in [1.82, 2.24) is 20.2 Å². The van der Waals surface area contributed by atoms with Gasteiger partial charge >= 0.3 is 0 Å². The maximum Gasteiger partial charge on any atom is 0.271 e. The summed E-state index contributed by atoms with van der Waals surface area (Å²) in [5.41, 5.74) is 0.194. The number of nitrogens with zero attached hydrogens (tertiary/aromatic N) is 3. The van der Waals surface area contributed by atoms with Gasteiger partial charge in [-0.15, -0.1) is 0 Å². The van der Waals surface area contributed by atoms with Gasteiger partial charge in [0.2, 0.25) is 5.91 Å². The maximum atomic E-state index is 11.9. The first-order chi connectivity index (χ1) is 9.66. The van der Waals surface area contributed by atoms with Gasteiger partial charge in [-0.2, -0.15) is 0 Å². The van der Waals surface area contributed by atoms with Gasteiger partial charge in [-0.05, 0) is 19.3 Å². The van der Waals surface area contributed by atoms with E-state index in [1.54, 1.807) is 0 Å². The van der Waals surface area contributed by atoms with Crippen molar-refractivity contribution in [3.8, 4) is 0 Å². The van der Waals surface area contributed by atoms with E-state index in [1.807, 2.05) is 4.90 Å². The molecule has 1 saturated heterocycles. The van der Waals surface area contributed by atoms with Gasteiger partial charge in [0.1, 0.15) is 10.8 Å². The van der Waals surface area contributed by atoms with Gasteiger partial charge < -0.3 is 10.2 Å². The van der Waals surface area contributed by atoms with Gasteiger partial charge in [0.05, 0.1) is 12.4 Å². The smallest absolute Gasteiger partial charge is 0.271 e. The van der Waals surface area contributed by atoms with E-state index in [2.05, 4.69) is 15.3 Å². The van der Waals surface area contributed by atoms with E-state index in [0.29, 0.717) is 13.0 Å². The van der Waals surface area contributed by atoms with E-state index < -0.39 is 0 Å². The average Bonchev–Trinajstić information content (AvgIpc) is 2.48. The van der Waals surface area contributed by atoms with Crippen molar-refractivity contribution < 1.29 is 9.59 Å². The molecule has 0 aromatic carbocycles. The lowest BCUT2D eigenvalue weighted by Crippen LogP contribution is -2.37. The van der Waals surface area contributed by atoms with E-state index in [1.165, 1.54) is 18.8 Å². The number of carbonyl (C=O) groups excluding carboxylic acids is 2. The molecule has 20 heavy (non-hydrogen) atoms. The normalized spacial score (nSPS) is 14.9. The number of amides is 2. The number of carbonyl (C=O) groups is 2. The van der Waals surface area contributed by atoms with Crippen LogP contribution in [-0.4, -0.2) is 46.3 Å². The van der Waals surface area contributed by atoms with Crippen molar-refractivity contribution in [2.24, 2.45) is 0 Å². The van der Waals surface area contributed by atoms with E-state index in [4.69, 9.17) is 11.6 Å². The van der Waals surface area contributed by atoms with Crippen molar-refractivity contribution in [2.75, 3.05) is 19.6 Å². The van der Waals surface area contributed by atoms with Crippen LogP contribution in [0.15, 0.2) is 12.4 Å². The fourth-order valence-corrected chi connectivity index (χ4v) is 2.20. The molecule has 1 aliphatic rings. The number of rotatable bonds is 4. The number of piperidine rings is 1. The maximum absolute atomic E-state index is 11.9. The Hall–Kier alpha value is -1.69. The van der Waals surface area contributed by atoms with Crippen molar-refractivity contribution in [3.05, 3.63) is 23.2 Å². The van der Waals surface area contributed by atoms with E-state index in [-0.39, 0.29) is 22.7 Å². The fourth-order valence-electron chi connectivity index (χ4n) is 2.10. The van der Waals surface area contributed by atoms with Gasteiger partial charge in [0, 0.05) is 26.1 Å². The summed E-state index contributed by atoms with van der Waals surface area (Å²) in [5, 5.41) is 2.89. The van der Waals surface area contributed by atoms with Crippen LogP contribution in [-0.2, 0) is 4.79 Å². The Labute approximate surface area is 122 Å². The molecule has 108 valence electrons. The largest absolute Gasteiger partial charge is 0.350 e. The minimum Gasteiger partial charge on any atom is -0.350 e. The Kier molecular flexibility index (Phi) is 5.29. The third-order valence-electron chi connectivity index (χ3n) is 3.19. The van der Waals surface area contributed by atoms with Crippen LogP contribution in [0.5, 0.6) is 0 Å². The van der Waals surface area contributed by atoms with Gasteiger partial charge in [0.15, 0.2) is 0 Å². The number of likely N-dealkylation sites (tertiary alicyclic amines) is 1. The molecule has 2 heterocycles. The highest BCUT2D eigenvalue weighted by molar-refractivity contribution is 6.29. The summed E-state index contributed by atoms with van der Waals surface area (Å²) in [7, 11) is 0. The monoisotopic (exact) mass is 296 g/mol. The lowest BCUT2D eigenvalue weighted by atomic mass is 10.1. The van der Waals surface area contributed by atoms with E-state index >= 15 is 0 Å². The third kappa shape index (κ3) is 4.16. The molecule has 0 saturated carbocycles. The Morgan fingerprint density at radius 3 is 2.60 bits per heavy atom. The van der Waals surface area contributed by atoms with Crippen molar-refractivity contribution in [3.63, 3.8) is 0 Å². The van der Waals surface area contributed by atoms with Crippen LogP contribution < -0.4 is 5.32 Å². The Balaban J connectivity index is 1.73. The number of nitrogens with one attached hydrogen (secondary N) is 1. The third-order valence-corrected chi connectivity index (χ3v) is 3.38. The summed E-state index contributed by atoms with van der Waals surface area (Å²) in [4.78, 5) is 33.1. The summed E-state index contributed by atoms with van der Waals surface area (Å²) in [6.07, 6.45) is 6.26. The zero-order valence-corrected chi connectivity index (χ0v) is 11.9. The summed E-state index contributed by atoms with van der Waals surface area (Å²) in [6, 6.07) is 0. The minimum absolute atomic E-state index is 0.0900. The molecule has 1 aromatic heterocycles. The first-order valence-corrected chi connectivity index (χ1v) is 7.08. The highest BCUT2D eigenvalue weighted by Gasteiger charge is 2.16. The quantitative estimate of drug-likeness (QED) is 0.908. The van der Waals surface area contributed by atoms with Crippen LogP contribution in [0, 0.1) is 0 Å². The molecule has 0 atom stereocenters. The Bertz CT molecular complexity index is 472. The first kappa shape index (κ1) is 14.7. The molecular formula is C13H17ClN4O2. The van der Waals surface area contributed by atoms with Crippen LogP contribution in [0.3, 0.4) is 0 Å². The van der Waals surface area contributed by atoms with Gasteiger partial charge in [-0.1, -0.05) is 11.6 Å². The molecule has 0 aliphatic carbocycles. The van der Waals surface area contributed by atoms with Crippen molar-refractivity contribution in [1.29, 1.82) is 0 Å². The average molecular weight is 297 g/mol. The van der Waals surface area contributed by atoms with Crippen LogP contribution in [0.2, 0.25) is 5.15 Å². The predicted molar refractivity (Wildman–Crippen MR) is 74.4 cm³/mol. The standard InChI is InChI=1S/C13H17ClN4O2/c14-11-9-16-10(8-17-11)13(20)15-5-4-12(19)18-6-2-1-3-7-18/h8-9H,1-7H2,(H,15,20). The summed E-state index contributed by atoms with van der Waals surface area (Å²) in [6.45, 7) is 1.96. The minimum atomic E-state index is -0.347. The second-order valence-corrected chi connectivity index (χ2v) is 5.06. The molecule has 1 N–H and O–H groups in total. The molecule has 0 radical (unpaired) electrons. The Morgan fingerprint density at radius 2 is 1.95 bits per heavy atom. The summed E-state index contributed by atoms with van der Waals surface area (Å²) in [5.74, 6) is -0.257. The highest BCUT2D eigenvalue weighted by atomic mass is 35.5. The SMILES string of the molecule is O=C(NCCC(=O)N1CCCCC1)c1cnc(Cl)cn1. The molecule has 1 fully saturated rings. The number of hydrogen-bond acceptors (Lipinski definition) is 4. The van der Waals surface area contributed by atoms with Crippen LogP contribution in [0.1, 0.15) is 36.2 Å². The molecule has 0 bridgehead atoms. The van der Waals surface area contributed by atoms with Crippen LogP contribution in [0.4, 0.5) is 0 Å². The molecule has 6 nitrogen and oxygen atoms in total. The molecular weight excluding hydrogens is 280 g/mol. The number of hydrogen-bond donors (Lipinski definition) is 1. The topological polar surface area (TPSA) is 75.2 Å². The molecule has 2 rings (SSSR count). The molecule has 0 unspecified atom stereocenters. The zero-order valence-electron chi connectivity index (χ0n) is 11.1. The number of aromatic nitrogens is 2. The lowest BCUT2D eigenvalue weighted by Gasteiger charge is -2.26. The molecule has 1 aliphatic heterocycles. The predicted octanol–water partition coefficient (Wildman–Crippen LogP) is 1.26. The Morgan fingerprint density at radius 1 is 1.20 bits per heavy atom. The number of halogens is 1. The highest BCUT2D eigenvalue weighted by Crippen LogP contribution is 2.09. The molecule has 1 aromatic rings. The second-order valence-electron chi connectivity index (χ2n) is 4.67. The van der Waals surface area contributed by atoms with Gasteiger partial charge in [-0.3, -0.25) is 9.59 Å². The fraction of sp³-hybridized carbons (Fsp3) is 0.538. The van der Waals surface area contributed by atoms with Crippen LogP contribution in [0.25, 0.3) is 0 Å². The molecule has 2 amide bonds. The summed E-state index contributed by atoms with van der Waals surface area (Å²) < 4.78 is 0. The van der Waals surface area contributed by atoms with E-state index in [0.717, 1.165) is 25.9 Å². The lowest BCUT2D eigenvalue weighted by molar-refractivity contribution is -0.131. The van der Waals surface area contributed by atoms with Gasteiger partial charge in [0.25, 0.3) is 5.91 Å². The van der Waals surface area contributed by atoms with Crippen molar-refractivity contribution in [2.45, 2.75) is 25.7 Å². The van der Waals surface area contributed by atoms with Crippen LogP contribution >= 0.6 is 11.6 Å². The second kappa shape index (κ2) is 7.19. The molecule has 7 heteroatoms. The first-order valence-electron chi connectivity index (χ1n) is 6.70. The van der Waals surface area contributed by atoms with E-state index in [9.17, 15) is 9.59 Å². The van der Waals surface area contributed by atoms with Crippen molar-refractivity contribution >= 4 is 23.4 Å². The summed E-state index contributed by atoms with van der Waals surface area (Å²) >= 11 is 5.59.